The van der Waals surface area contributed by atoms with Crippen LogP contribution in [0.2, 0.25) is 0 Å². The molecule has 0 aliphatic rings. The zero-order valence-electron chi connectivity index (χ0n) is 16.4. The van der Waals surface area contributed by atoms with Crippen molar-refractivity contribution >= 4 is 12.0 Å². The normalized spacial score (nSPS) is 11.0. The average molecular weight is 386 g/mol. The van der Waals surface area contributed by atoms with E-state index in [1.807, 2.05) is 26.8 Å². The van der Waals surface area contributed by atoms with Crippen LogP contribution < -0.4 is 10.9 Å². The molecule has 0 spiro atoms. The van der Waals surface area contributed by atoms with Crippen LogP contribution in [0.5, 0.6) is 0 Å². The molecule has 0 bridgehead atoms. The fraction of sp³-hybridized carbons (Fsp3) is 0.400. The smallest absolute Gasteiger partial charge is 0.410 e. The molecule has 8 heteroatoms. The number of nitrogens with one attached hydrogen (secondary N) is 2. The van der Waals surface area contributed by atoms with Gasteiger partial charge >= 0.3 is 6.09 Å². The molecular weight excluding hydrogens is 360 g/mol. The lowest BCUT2D eigenvalue weighted by Gasteiger charge is -2.27. The van der Waals surface area contributed by atoms with Crippen LogP contribution in [0.3, 0.4) is 0 Å². The standard InChI is InChI=1S/C20H26N4O4/c1-20(2,3)28-19(27)24(14-15-7-4-9-21-13-15)12-6-11-23-18(26)16-8-5-10-22-17(16)25/h4-5,7-10,13H,6,11-12,14H2,1-3H3,(H,22,25)(H,23,26). The molecule has 0 fully saturated rings. The number of pyridine rings is 2. The Hall–Kier alpha value is -3.16. The van der Waals surface area contributed by atoms with Crippen molar-refractivity contribution in [2.75, 3.05) is 13.1 Å². The third-order valence-corrected chi connectivity index (χ3v) is 3.70. The molecule has 0 unspecified atom stereocenters. The highest BCUT2D eigenvalue weighted by atomic mass is 16.6. The van der Waals surface area contributed by atoms with Gasteiger partial charge in [-0.1, -0.05) is 6.07 Å². The Morgan fingerprint density at radius 2 is 2.04 bits per heavy atom. The van der Waals surface area contributed by atoms with Crippen LogP contribution in [0.15, 0.2) is 47.7 Å². The number of H-pyrrole nitrogens is 1. The molecule has 2 aromatic rings. The van der Waals surface area contributed by atoms with Crippen LogP contribution in [0.1, 0.15) is 43.1 Å². The molecule has 0 atom stereocenters. The topological polar surface area (TPSA) is 104 Å². The molecule has 2 N–H and O–H groups in total. The number of aromatic nitrogens is 2. The molecule has 0 saturated carbocycles. The molecule has 2 rings (SSSR count). The highest BCUT2D eigenvalue weighted by Gasteiger charge is 2.22. The van der Waals surface area contributed by atoms with Gasteiger partial charge in [0.2, 0.25) is 0 Å². The number of hydrogen-bond acceptors (Lipinski definition) is 5. The van der Waals surface area contributed by atoms with Gasteiger partial charge in [-0.15, -0.1) is 0 Å². The lowest BCUT2D eigenvalue weighted by atomic mass is 10.2. The van der Waals surface area contributed by atoms with Gasteiger partial charge in [0.05, 0.1) is 6.54 Å². The second kappa shape index (κ2) is 9.68. The van der Waals surface area contributed by atoms with Crippen molar-refractivity contribution in [1.82, 2.24) is 20.2 Å². The van der Waals surface area contributed by atoms with Crippen molar-refractivity contribution in [3.8, 4) is 0 Å². The Labute approximate surface area is 163 Å². The van der Waals surface area contributed by atoms with E-state index in [0.717, 1.165) is 5.56 Å². The Kier molecular flexibility index (Phi) is 7.31. The SMILES string of the molecule is CC(C)(C)OC(=O)N(CCCNC(=O)c1ccc[nH]c1=O)Cc1cccnc1. The second-order valence-electron chi connectivity index (χ2n) is 7.29. The van der Waals surface area contributed by atoms with Gasteiger partial charge in [-0.3, -0.25) is 14.6 Å². The van der Waals surface area contributed by atoms with Crippen molar-refractivity contribution in [2.24, 2.45) is 0 Å². The minimum atomic E-state index is -0.604. The first-order valence-electron chi connectivity index (χ1n) is 9.09. The number of hydrogen-bond donors (Lipinski definition) is 2. The summed E-state index contributed by atoms with van der Waals surface area (Å²) in [4.78, 5) is 44.3. The average Bonchev–Trinajstić information content (AvgIpc) is 2.63. The van der Waals surface area contributed by atoms with Gasteiger partial charge in [-0.2, -0.15) is 0 Å². The summed E-state index contributed by atoms with van der Waals surface area (Å²) < 4.78 is 5.47. The zero-order valence-corrected chi connectivity index (χ0v) is 16.4. The lowest BCUT2D eigenvalue weighted by molar-refractivity contribution is 0.0232. The highest BCUT2D eigenvalue weighted by Crippen LogP contribution is 2.12. The number of aromatic amines is 1. The largest absolute Gasteiger partial charge is 0.444 e. The lowest BCUT2D eigenvalue weighted by Crippen LogP contribution is -2.38. The summed E-state index contributed by atoms with van der Waals surface area (Å²) >= 11 is 0. The van der Waals surface area contributed by atoms with E-state index in [1.54, 1.807) is 29.4 Å². The van der Waals surface area contributed by atoms with Gasteiger partial charge in [-0.05, 0) is 51.0 Å². The summed E-state index contributed by atoms with van der Waals surface area (Å²) in [5.41, 5.74) is -0.102. The van der Waals surface area contributed by atoms with E-state index in [0.29, 0.717) is 26.1 Å². The van der Waals surface area contributed by atoms with Crippen LogP contribution in [0.25, 0.3) is 0 Å². The first-order valence-corrected chi connectivity index (χ1v) is 9.09. The molecular formula is C20H26N4O4. The van der Waals surface area contributed by atoms with Crippen molar-refractivity contribution < 1.29 is 14.3 Å². The van der Waals surface area contributed by atoms with Crippen LogP contribution in [-0.4, -0.2) is 45.6 Å². The van der Waals surface area contributed by atoms with Gasteiger partial charge < -0.3 is 19.9 Å². The number of amides is 2. The molecule has 150 valence electrons. The predicted octanol–water partition coefficient (Wildman–Crippen LogP) is 2.33. The molecule has 2 heterocycles. The van der Waals surface area contributed by atoms with E-state index in [1.165, 1.54) is 12.3 Å². The second-order valence-corrected chi connectivity index (χ2v) is 7.29. The maximum Gasteiger partial charge on any atom is 0.410 e. The highest BCUT2D eigenvalue weighted by molar-refractivity contribution is 5.93. The maximum atomic E-state index is 12.5. The van der Waals surface area contributed by atoms with Gasteiger partial charge in [0.1, 0.15) is 11.2 Å². The van der Waals surface area contributed by atoms with Crippen molar-refractivity contribution in [2.45, 2.75) is 39.3 Å². The summed E-state index contributed by atoms with van der Waals surface area (Å²) in [6, 6.07) is 6.74. The molecule has 28 heavy (non-hydrogen) atoms. The number of ether oxygens (including phenoxy) is 1. The third kappa shape index (κ3) is 6.86. The summed E-state index contributed by atoms with van der Waals surface area (Å²) in [5.74, 6) is -0.446. The van der Waals surface area contributed by atoms with E-state index in [4.69, 9.17) is 4.74 Å². The van der Waals surface area contributed by atoms with Gasteiger partial charge in [0.15, 0.2) is 0 Å². The van der Waals surface area contributed by atoms with Gasteiger partial charge in [0, 0.05) is 31.7 Å². The summed E-state index contributed by atoms with van der Waals surface area (Å²) in [7, 11) is 0. The summed E-state index contributed by atoms with van der Waals surface area (Å²) in [6.07, 6.45) is 4.91. The van der Waals surface area contributed by atoms with Crippen LogP contribution >= 0.6 is 0 Å². The van der Waals surface area contributed by atoms with Crippen LogP contribution in [0, 0.1) is 0 Å². The monoisotopic (exact) mass is 386 g/mol. The maximum absolute atomic E-state index is 12.5. The molecule has 2 aromatic heterocycles. The fourth-order valence-electron chi connectivity index (χ4n) is 2.44. The van der Waals surface area contributed by atoms with Crippen molar-refractivity contribution in [1.29, 1.82) is 0 Å². The Morgan fingerprint density at radius 3 is 2.68 bits per heavy atom. The number of carbonyl (C=O) groups is 2. The van der Waals surface area contributed by atoms with Crippen molar-refractivity contribution in [3.05, 3.63) is 64.3 Å². The molecule has 0 radical (unpaired) electrons. The molecule has 0 aliphatic heterocycles. The Morgan fingerprint density at radius 1 is 1.25 bits per heavy atom. The summed E-state index contributed by atoms with van der Waals surface area (Å²) in [6.45, 7) is 6.49. The molecule has 0 aromatic carbocycles. The van der Waals surface area contributed by atoms with Gasteiger partial charge in [-0.25, -0.2) is 4.79 Å². The summed E-state index contributed by atoms with van der Waals surface area (Å²) in [5, 5.41) is 2.70. The number of carbonyl (C=O) groups excluding carboxylic acids is 2. The molecule has 8 nitrogen and oxygen atoms in total. The van der Waals surface area contributed by atoms with Gasteiger partial charge in [0.25, 0.3) is 11.5 Å². The molecule has 0 aliphatic carbocycles. The van der Waals surface area contributed by atoms with E-state index >= 15 is 0 Å². The van der Waals surface area contributed by atoms with Crippen LogP contribution in [-0.2, 0) is 11.3 Å². The minimum absolute atomic E-state index is 0.0573. The van der Waals surface area contributed by atoms with Crippen LogP contribution in [0.4, 0.5) is 4.79 Å². The Bertz CT molecular complexity index is 843. The van der Waals surface area contributed by atoms with E-state index in [9.17, 15) is 14.4 Å². The number of nitrogens with zero attached hydrogens (tertiary/aromatic N) is 2. The van der Waals surface area contributed by atoms with E-state index < -0.39 is 23.2 Å². The molecule has 2 amide bonds. The third-order valence-electron chi connectivity index (χ3n) is 3.70. The van der Waals surface area contributed by atoms with E-state index in [2.05, 4.69) is 15.3 Å². The quantitative estimate of drug-likeness (QED) is 0.711. The minimum Gasteiger partial charge on any atom is -0.444 e. The number of rotatable bonds is 7. The first kappa shape index (κ1) is 21.1. The molecule has 0 saturated heterocycles. The van der Waals surface area contributed by atoms with E-state index in [-0.39, 0.29) is 5.56 Å². The van der Waals surface area contributed by atoms with Crippen molar-refractivity contribution in [3.63, 3.8) is 0 Å². The Balaban J connectivity index is 1.92. The zero-order chi connectivity index (χ0) is 20.6. The predicted molar refractivity (Wildman–Crippen MR) is 105 cm³/mol. The first-order chi connectivity index (χ1) is 13.3. The fourth-order valence-corrected chi connectivity index (χ4v) is 2.44.